The first-order valence-electron chi connectivity index (χ1n) is 8.24. The lowest BCUT2D eigenvalue weighted by molar-refractivity contribution is 0.0827. The lowest BCUT2D eigenvalue weighted by Crippen LogP contribution is -2.26. The summed E-state index contributed by atoms with van der Waals surface area (Å²) in [6.45, 7) is 0.229. The molecule has 4 rings (SSSR count). The summed E-state index contributed by atoms with van der Waals surface area (Å²) in [5.74, 6) is -0.0810. The van der Waals surface area contributed by atoms with Crippen LogP contribution < -0.4 is 4.31 Å². The van der Waals surface area contributed by atoms with Gasteiger partial charge in [0.25, 0.3) is 15.9 Å². The van der Waals surface area contributed by atoms with Crippen molar-refractivity contribution in [2.45, 2.75) is 11.4 Å². The molecule has 0 radical (unpaired) electrons. The highest BCUT2D eigenvalue weighted by Crippen LogP contribution is 2.42. The van der Waals surface area contributed by atoms with Gasteiger partial charge in [-0.25, -0.2) is 8.42 Å². The number of carbonyl (C=O) groups is 1. The topological polar surface area (TPSA) is 57.7 Å². The van der Waals surface area contributed by atoms with Gasteiger partial charge in [-0.3, -0.25) is 9.10 Å². The zero-order chi connectivity index (χ0) is 18.5. The fourth-order valence-electron chi connectivity index (χ4n) is 3.31. The zero-order valence-electron chi connectivity index (χ0n) is 14.5. The second kappa shape index (κ2) is 5.85. The summed E-state index contributed by atoms with van der Waals surface area (Å²) in [7, 11) is -0.180. The van der Waals surface area contributed by atoms with E-state index in [9.17, 15) is 13.2 Å². The SMILES string of the molecule is CN(C)C(=O)c1ccc(CN2c3cccc4cccc(c34)S2(=O)=O)cc1. The number of sulfonamides is 1. The Morgan fingerprint density at radius 2 is 1.62 bits per heavy atom. The highest BCUT2D eigenvalue weighted by Gasteiger charge is 2.35. The molecule has 1 amide bonds. The molecule has 0 saturated heterocycles. The van der Waals surface area contributed by atoms with Gasteiger partial charge in [-0.1, -0.05) is 36.4 Å². The van der Waals surface area contributed by atoms with E-state index in [1.165, 1.54) is 9.21 Å². The minimum atomic E-state index is -3.58. The van der Waals surface area contributed by atoms with E-state index in [0.29, 0.717) is 16.1 Å². The van der Waals surface area contributed by atoms with Gasteiger partial charge >= 0.3 is 0 Å². The van der Waals surface area contributed by atoms with E-state index >= 15 is 0 Å². The number of amides is 1. The van der Waals surface area contributed by atoms with Gasteiger partial charge < -0.3 is 4.90 Å². The van der Waals surface area contributed by atoms with Crippen LogP contribution in [-0.4, -0.2) is 33.3 Å². The first-order valence-corrected chi connectivity index (χ1v) is 9.69. The summed E-state index contributed by atoms with van der Waals surface area (Å²) in [6.07, 6.45) is 0. The van der Waals surface area contributed by atoms with E-state index < -0.39 is 10.0 Å². The Bertz CT molecular complexity index is 1110. The number of hydrogen-bond acceptors (Lipinski definition) is 3. The van der Waals surface area contributed by atoms with Crippen LogP contribution in [-0.2, 0) is 16.6 Å². The van der Waals surface area contributed by atoms with Crippen LogP contribution in [0, 0.1) is 0 Å². The molecular formula is C20H18N2O3S. The maximum atomic E-state index is 13.0. The smallest absolute Gasteiger partial charge is 0.265 e. The zero-order valence-corrected chi connectivity index (χ0v) is 15.3. The van der Waals surface area contributed by atoms with Gasteiger partial charge in [-0.15, -0.1) is 0 Å². The Hall–Kier alpha value is -2.86. The van der Waals surface area contributed by atoms with Crippen LogP contribution >= 0.6 is 0 Å². The molecule has 26 heavy (non-hydrogen) atoms. The van der Waals surface area contributed by atoms with Crippen LogP contribution in [0.25, 0.3) is 10.8 Å². The van der Waals surface area contributed by atoms with E-state index in [-0.39, 0.29) is 12.5 Å². The normalized spacial score (nSPS) is 14.6. The van der Waals surface area contributed by atoms with Crippen molar-refractivity contribution < 1.29 is 13.2 Å². The van der Waals surface area contributed by atoms with Crippen LogP contribution in [0.1, 0.15) is 15.9 Å². The molecule has 0 spiro atoms. The average molecular weight is 366 g/mol. The Labute approximate surface area is 152 Å². The molecule has 1 aliphatic heterocycles. The second-order valence-electron chi connectivity index (χ2n) is 6.54. The average Bonchev–Trinajstić information content (AvgIpc) is 2.85. The molecule has 6 heteroatoms. The van der Waals surface area contributed by atoms with Crippen LogP contribution in [0.15, 0.2) is 65.6 Å². The second-order valence-corrected chi connectivity index (χ2v) is 8.37. The van der Waals surface area contributed by atoms with E-state index in [2.05, 4.69) is 0 Å². The van der Waals surface area contributed by atoms with Crippen molar-refractivity contribution in [3.63, 3.8) is 0 Å². The molecule has 0 atom stereocenters. The number of rotatable bonds is 3. The monoisotopic (exact) mass is 366 g/mol. The fourth-order valence-corrected chi connectivity index (χ4v) is 5.00. The summed E-state index contributed by atoms with van der Waals surface area (Å²) >= 11 is 0. The number of benzene rings is 3. The Morgan fingerprint density at radius 1 is 0.962 bits per heavy atom. The lowest BCUT2D eigenvalue weighted by atomic mass is 10.1. The minimum absolute atomic E-state index is 0.0810. The van der Waals surface area contributed by atoms with Crippen molar-refractivity contribution in [3.05, 3.63) is 71.8 Å². The molecule has 0 N–H and O–H groups in total. The van der Waals surface area contributed by atoms with E-state index in [1.54, 1.807) is 50.5 Å². The number of hydrogen-bond donors (Lipinski definition) is 0. The van der Waals surface area contributed by atoms with E-state index in [0.717, 1.165) is 16.3 Å². The van der Waals surface area contributed by atoms with Gasteiger partial charge in [0.1, 0.15) is 0 Å². The maximum Gasteiger partial charge on any atom is 0.265 e. The predicted octanol–water partition coefficient (Wildman–Crippen LogP) is 3.25. The minimum Gasteiger partial charge on any atom is -0.345 e. The predicted molar refractivity (Wildman–Crippen MR) is 102 cm³/mol. The van der Waals surface area contributed by atoms with Gasteiger partial charge in [0.15, 0.2) is 0 Å². The van der Waals surface area contributed by atoms with Crippen molar-refractivity contribution in [1.29, 1.82) is 0 Å². The van der Waals surface area contributed by atoms with Gasteiger partial charge in [-0.05, 0) is 35.2 Å². The largest absolute Gasteiger partial charge is 0.345 e. The molecule has 0 aromatic heterocycles. The molecule has 0 aliphatic carbocycles. The van der Waals surface area contributed by atoms with Crippen LogP contribution in [0.3, 0.4) is 0 Å². The Morgan fingerprint density at radius 3 is 2.27 bits per heavy atom. The van der Waals surface area contributed by atoms with Gasteiger partial charge in [0, 0.05) is 25.0 Å². The third-order valence-electron chi connectivity index (χ3n) is 4.61. The number of carbonyl (C=O) groups excluding carboxylic acids is 1. The summed E-state index contributed by atoms with van der Waals surface area (Å²) in [5.41, 5.74) is 2.11. The van der Waals surface area contributed by atoms with Crippen molar-refractivity contribution in [2.75, 3.05) is 18.4 Å². The first-order chi connectivity index (χ1) is 12.4. The molecule has 1 heterocycles. The highest BCUT2D eigenvalue weighted by atomic mass is 32.2. The van der Waals surface area contributed by atoms with Gasteiger partial charge in [0.2, 0.25) is 0 Å². The number of nitrogens with zero attached hydrogens (tertiary/aromatic N) is 2. The summed E-state index contributed by atoms with van der Waals surface area (Å²) in [6, 6.07) is 18.0. The van der Waals surface area contributed by atoms with E-state index in [4.69, 9.17) is 0 Å². The first kappa shape index (κ1) is 16.6. The highest BCUT2D eigenvalue weighted by molar-refractivity contribution is 7.93. The molecule has 3 aromatic carbocycles. The summed E-state index contributed by atoms with van der Waals surface area (Å²) in [4.78, 5) is 13.9. The Balaban J connectivity index is 1.72. The molecular weight excluding hydrogens is 348 g/mol. The molecule has 5 nitrogen and oxygen atoms in total. The molecule has 0 saturated carbocycles. The summed E-state index contributed by atoms with van der Waals surface area (Å²) < 4.78 is 27.4. The van der Waals surface area contributed by atoms with Crippen LogP contribution in [0.4, 0.5) is 5.69 Å². The molecule has 0 unspecified atom stereocenters. The van der Waals surface area contributed by atoms with Crippen molar-refractivity contribution in [1.82, 2.24) is 4.90 Å². The fraction of sp³-hybridized carbons (Fsp3) is 0.150. The van der Waals surface area contributed by atoms with Crippen LogP contribution in [0.2, 0.25) is 0 Å². The third kappa shape index (κ3) is 2.45. The number of anilines is 1. The standard InChI is InChI=1S/C20H18N2O3S/c1-21(2)20(23)16-11-9-14(10-12-16)13-22-17-7-3-5-15-6-4-8-18(19(15)17)26(22,24)25/h3-12H,13H2,1-2H3. The van der Waals surface area contributed by atoms with Gasteiger partial charge in [0.05, 0.1) is 17.1 Å². The Kier molecular flexibility index (Phi) is 3.73. The molecule has 1 aliphatic rings. The molecule has 132 valence electrons. The molecule has 0 fully saturated rings. The molecule has 3 aromatic rings. The van der Waals surface area contributed by atoms with Crippen molar-refractivity contribution in [3.8, 4) is 0 Å². The third-order valence-corrected chi connectivity index (χ3v) is 6.42. The molecule has 0 bridgehead atoms. The van der Waals surface area contributed by atoms with Gasteiger partial charge in [-0.2, -0.15) is 0 Å². The quantitative estimate of drug-likeness (QED) is 0.715. The van der Waals surface area contributed by atoms with Crippen molar-refractivity contribution >= 4 is 32.4 Å². The maximum absolute atomic E-state index is 13.0. The van der Waals surface area contributed by atoms with Crippen LogP contribution in [0.5, 0.6) is 0 Å². The van der Waals surface area contributed by atoms with Crippen molar-refractivity contribution in [2.24, 2.45) is 0 Å². The lowest BCUT2D eigenvalue weighted by Gasteiger charge is -2.19. The summed E-state index contributed by atoms with van der Waals surface area (Å²) in [5, 5.41) is 1.69. The van der Waals surface area contributed by atoms with E-state index in [1.807, 2.05) is 24.3 Å².